The van der Waals surface area contributed by atoms with Crippen molar-refractivity contribution in [2.75, 3.05) is 6.61 Å². The molecule has 0 saturated carbocycles. The molecule has 1 atom stereocenters. The Morgan fingerprint density at radius 1 is 1.20 bits per heavy atom. The molecule has 1 aromatic carbocycles. The van der Waals surface area contributed by atoms with Gasteiger partial charge in [0.2, 0.25) is 0 Å². The molecule has 0 amide bonds. The van der Waals surface area contributed by atoms with Crippen LogP contribution in [0, 0.1) is 0 Å². The van der Waals surface area contributed by atoms with Crippen LogP contribution in [0.3, 0.4) is 0 Å². The maximum atomic E-state index is 12.5. The minimum atomic E-state index is -0.713. The minimum absolute atomic E-state index is 0.107. The van der Waals surface area contributed by atoms with E-state index in [2.05, 4.69) is 4.98 Å². The molecule has 0 fully saturated rings. The lowest BCUT2D eigenvalue weighted by Gasteiger charge is -2.17. The fourth-order valence-electron chi connectivity index (χ4n) is 2.56. The van der Waals surface area contributed by atoms with Gasteiger partial charge in [-0.25, -0.2) is 9.78 Å². The first-order valence-electron chi connectivity index (χ1n) is 8.01. The number of para-hydroxylation sites is 1. The molecule has 6 heteroatoms. The second-order valence-electron chi connectivity index (χ2n) is 5.42. The number of fused-ring (bicyclic) bond motifs is 1. The van der Waals surface area contributed by atoms with Gasteiger partial charge in [-0.15, -0.1) is 0 Å². The van der Waals surface area contributed by atoms with Gasteiger partial charge in [0.1, 0.15) is 23.1 Å². The van der Waals surface area contributed by atoms with Crippen molar-refractivity contribution in [2.24, 2.45) is 0 Å². The van der Waals surface area contributed by atoms with Crippen molar-refractivity contribution in [2.45, 2.75) is 20.0 Å². The highest BCUT2D eigenvalue weighted by molar-refractivity contribution is 5.89. The van der Waals surface area contributed by atoms with E-state index >= 15 is 0 Å². The highest BCUT2D eigenvalue weighted by Crippen LogP contribution is 2.27. The SMILES string of the molecule is CCOc1ccccc1[C@@H](C)OC(=O)c1cnc2ccccn2c1=O. The predicted octanol–water partition coefficient (Wildman–Crippen LogP) is 3.01. The summed E-state index contributed by atoms with van der Waals surface area (Å²) in [6.07, 6.45) is 2.25. The highest BCUT2D eigenvalue weighted by Gasteiger charge is 2.20. The van der Waals surface area contributed by atoms with E-state index in [0.717, 1.165) is 5.56 Å². The van der Waals surface area contributed by atoms with Crippen LogP contribution in [0.4, 0.5) is 0 Å². The first kappa shape index (κ1) is 16.7. The average Bonchev–Trinajstić information content (AvgIpc) is 2.63. The van der Waals surface area contributed by atoms with E-state index in [-0.39, 0.29) is 5.56 Å². The number of carbonyl (C=O) groups is 1. The first-order valence-corrected chi connectivity index (χ1v) is 8.01. The molecule has 0 spiro atoms. The predicted molar refractivity (Wildman–Crippen MR) is 92.9 cm³/mol. The van der Waals surface area contributed by atoms with Gasteiger partial charge in [0.05, 0.1) is 6.61 Å². The lowest BCUT2D eigenvalue weighted by molar-refractivity contribution is 0.0330. The van der Waals surface area contributed by atoms with E-state index in [1.54, 1.807) is 31.3 Å². The van der Waals surface area contributed by atoms with Crippen LogP contribution < -0.4 is 10.3 Å². The summed E-state index contributed by atoms with van der Waals surface area (Å²) in [5.74, 6) is -0.0618. The normalized spacial score (nSPS) is 11.9. The number of ether oxygens (including phenoxy) is 2. The quantitative estimate of drug-likeness (QED) is 0.669. The molecule has 0 saturated heterocycles. The first-order chi connectivity index (χ1) is 12.1. The van der Waals surface area contributed by atoms with Gasteiger partial charge in [-0.1, -0.05) is 24.3 Å². The summed E-state index contributed by atoms with van der Waals surface area (Å²) >= 11 is 0. The number of nitrogens with zero attached hydrogens (tertiary/aromatic N) is 2. The molecule has 0 radical (unpaired) electrons. The molecule has 0 unspecified atom stereocenters. The standard InChI is InChI=1S/C19H18N2O4/c1-3-24-16-9-5-4-8-14(16)13(2)25-19(23)15-12-20-17-10-6-7-11-21(17)18(15)22/h4-13H,3H2,1-2H3/t13-/m1/s1. The van der Waals surface area contributed by atoms with Crippen LogP contribution in [-0.4, -0.2) is 22.0 Å². The Morgan fingerprint density at radius 3 is 2.76 bits per heavy atom. The van der Waals surface area contributed by atoms with E-state index in [0.29, 0.717) is 18.0 Å². The number of carbonyl (C=O) groups excluding carboxylic acids is 1. The van der Waals surface area contributed by atoms with Gasteiger partial charge >= 0.3 is 5.97 Å². The Hall–Kier alpha value is -3.15. The number of benzene rings is 1. The molecule has 0 aliphatic carbocycles. The van der Waals surface area contributed by atoms with E-state index in [4.69, 9.17) is 9.47 Å². The second kappa shape index (κ2) is 7.17. The Bertz CT molecular complexity index is 965. The third-order valence-electron chi connectivity index (χ3n) is 3.77. The molecule has 2 heterocycles. The van der Waals surface area contributed by atoms with Gasteiger partial charge in [-0.05, 0) is 32.0 Å². The molecule has 25 heavy (non-hydrogen) atoms. The molecule has 0 aliphatic heterocycles. The van der Waals surface area contributed by atoms with Crippen LogP contribution in [0.1, 0.15) is 35.9 Å². The zero-order valence-corrected chi connectivity index (χ0v) is 14.0. The highest BCUT2D eigenvalue weighted by atomic mass is 16.5. The zero-order chi connectivity index (χ0) is 17.8. The van der Waals surface area contributed by atoms with Gasteiger partial charge in [-0.3, -0.25) is 9.20 Å². The van der Waals surface area contributed by atoms with Crippen LogP contribution in [0.25, 0.3) is 5.65 Å². The molecule has 3 aromatic rings. The van der Waals surface area contributed by atoms with Crippen LogP contribution in [-0.2, 0) is 4.74 Å². The summed E-state index contributed by atoms with van der Waals surface area (Å²) in [7, 11) is 0. The Labute approximate surface area is 144 Å². The third kappa shape index (κ3) is 3.38. The summed E-state index contributed by atoms with van der Waals surface area (Å²) in [5, 5.41) is 0. The topological polar surface area (TPSA) is 69.9 Å². The number of hydrogen-bond donors (Lipinski definition) is 0. The van der Waals surface area contributed by atoms with E-state index in [1.165, 1.54) is 10.6 Å². The fraction of sp³-hybridized carbons (Fsp3) is 0.211. The average molecular weight is 338 g/mol. The molecular formula is C19H18N2O4. The van der Waals surface area contributed by atoms with Crippen molar-refractivity contribution in [1.82, 2.24) is 9.38 Å². The molecule has 0 aliphatic rings. The molecule has 3 rings (SSSR count). The molecule has 2 aromatic heterocycles. The Morgan fingerprint density at radius 2 is 1.96 bits per heavy atom. The van der Waals surface area contributed by atoms with Crippen molar-refractivity contribution < 1.29 is 14.3 Å². The maximum Gasteiger partial charge on any atom is 0.346 e. The molecule has 0 N–H and O–H groups in total. The van der Waals surface area contributed by atoms with Crippen molar-refractivity contribution in [1.29, 1.82) is 0 Å². The van der Waals surface area contributed by atoms with E-state index in [9.17, 15) is 9.59 Å². The maximum absolute atomic E-state index is 12.5. The summed E-state index contributed by atoms with van der Waals surface area (Å²) in [6, 6.07) is 12.5. The monoisotopic (exact) mass is 338 g/mol. The number of pyridine rings is 1. The van der Waals surface area contributed by atoms with Gasteiger partial charge < -0.3 is 9.47 Å². The van der Waals surface area contributed by atoms with E-state index < -0.39 is 17.6 Å². The van der Waals surface area contributed by atoms with Crippen LogP contribution in [0.5, 0.6) is 5.75 Å². The summed E-state index contributed by atoms with van der Waals surface area (Å²) in [4.78, 5) is 29.0. The van der Waals surface area contributed by atoms with Crippen LogP contribution in [0.15, 0.2) is 59.7 Å². The summed E-state index contributed by atoms with van der Waals surface area (Å²) in [5.41, 5.74) is 0.649. The molecule has 6 nitrogen and oxygen atoms in total. The molecule has 128 valence electrons. The Balaban J connectivity index is 1.88. The number of hydrogen-bond acceptors (Lipinski definition) is 5. The van der Waals surface area contributed by atoms with Gasteiger partial charge in [-0.2, -0.15) is 0 Å². The van der Waals surface area contributed by atoms with Crippen LogP contribution in [0.2, 0.25) is 0 Å². The van der Waals surface area contributed by atoms with Crippen molar-refractivity contribution in [3.8, 4) is 5.75 Å². The fourth-order valence-corrected chi connectivity index (χ4v) is 2.56. The second-order valence-corrected chi connectivity index (χ2v) is 5.42. The van der Waals surface area contributed by atoms with Crippen molar-refractivity contribution >= 4 is 11.6 Å². The number of aromatic nitrogens is 2. The largest absolute Gasteiger partial charge is 0.493 e. The van der Waals surface area contributed by atoms with Crippen molar-refractivity contribution in [3.63, 3.8) is 0 Å². The van der Waals surface area contributed by atoms with Gasteiger partial charge in [0.25, 0.3) is 5.56 Å². The Kier molecular flexibility index (Phi) is 4.79. The molecular weight excluding hydrogens is 320 g/mol. The van der Waals surface area contributed by atoms with E-state index in [1.807, 2.05) is 31.2 Å². The number of rotatable bonds is 5. The smallest absolute Gasteiger partial charge is 0.346 e. The lowest BCUT2D eigenvalue weighted by Crippen LogP contribution is -2.24. The summed E-state index contributed by atoms with van der Waals surface area (Å²) < 4.78 is 12.3. The summed E-state index contributed by atoms with van der Waals surface area (Å²) in [6.45, 7) is 4.13. The lowest BCUT2D eigenvalue weighted by atomic mass is 10.1. The van der Waals surface area contributed by atoms with Crippen LogP contribution >= 0.6 is 0 Å². The van der Waals surface area contributed by atoms with Crippen molar-refractivity contribution in [3.05, 3.63) is 76.3 Å². The number of esters is 1. The minimum Gasteiger partial charge on any atom is -0.493 e. The van der Waals surface area contributed by atoms with Gasteiger partial charge in [0, 0.05) is 18.0 Å². The molecule has 0 bridgehead atoms. The van der Waals surface area contributed by atoms with Gasteiger partial charge in [0.15, 0.2) is 0 Å². The zero-order valence-electron chi connectivity index (χ0n) is 14.0. The third-order valence-corrected chi connectivity index (χ3v) is 3.77.